The van der Waals surface area contributed by atoms with E-state index in [2.05, 4.69) is 0 Å². The summed E-state index contributed by atoms with van der Waals surface area (Å²) in [5.41, 5.74) is 0.685. The molecule has 1 aliphatic heterocycles. The minimum atomic E-state index is -0.252. The Bertz CT molecular complexity index is 501. The molecular formula is C16H21NO3S. The van der Waals surface area contributed by atoms with E-state index in [1.54, 1.807) is 11.8 Å². The van der Waals surface area contributed by atoms with Gasteiger partial charge in [-0.2, -0.15) is 0 Å². The van der Waals surface area contributed by atoms with Gasteiger partial charge in [0.1, 0.15) is 0 Å². The van der Waals surface area contributed by atoms with Crippen molar-refractivity contribution in [2.24, 2.45) is 0 Å². The summed E-state index contributed by atoms with van der Waals surface area (Å²) in [7, 11) is 1.39. The van der Waals surface area contributed by atoms with Crippen molar-refractivity contribution in [3.05, 3.63) is 29.8 Å². The number of ether oxygens (including phenoxy) is 1. The summed E-state index contributed by atoms with van der Waals surface area (Å²) in [5.74, 6) is -0.242. The van der Waals surface area contributed by atoms with Crippen LogP contribution in [0.4, 0.5) is 0 Å². The lowest BCUT2D eigenvalue weighted by atomic mass is 9.98. The van der Waals surface area contributed by atoms with Crippen LogP contribution in [-0.4, -0.2) is 42.7 Å². The molecule has 0 aliphatic carbocycles. The lowest BCUT2D eigenvalue weighted by molar-refractivity contribution is -0.142. The number of hydrogen-bond donors (Lipinski definition) is 0. The molecule has 1 aliphatic rings. The fourth-order valence-electron chi connectivity index (χ4n) is 2.66. The zero-order valence-electron chi connectivity index (χ0n) is 12.5. The van der Waals surface area contributed by atoms with Gasteiger partial charge in [-0.15, -0.1) is 11.8 Å². The number of amides is 1. The van der Waals surface area contributed by atoms with Crippen LogP contribution in [0.3, 0.4) is 0 Å². The quantitative estimate of drug-likeness (QED) is 0.634. The molecule has 1 saturated heterocycles. The highest BCUT2D eigenvalue weighted by atomic mass is 32.2. The summed E-state index contributed by atoms with van der Waals surface area (Å²) in [6.07, 6.45) is 5.20. The Morgan fingerprint density at radius 2 is 2.00 bits per heavy atom. The molecule has 0 spiro atoms. The maximum atomic E-state index is 12.6. The summed E-state index contributed by atoms with van der Waals surface area (Å²) >= 11 is 1.65. The van der Waals surface area contributed by atoms with E-state index in [1.165, 1.54) is 7.11 Å². The van der Waals surface area contributed by atoms with Crippen LogP contribution in [0, 0.1) is 0 Å². The molecule has 1 heterocycles. The van der Waals surface area contributed by atoms with E-state index in [4.69, 9.17) is 4.74 Å². The highest BCUT2D eigenvalue weighted by molar-refractivity contribution is 7.98. The first-order valence-electron chi connectivity index (χ1n) is 7.17. The van der Waals surface area contributed by atoms with Crippen molar-refractivity contribution in [3.8, 4) is 0 Å². The number of piperidine rings is 1. The molecule has 114 valence electrons. The molecule has 0 bridgehead atoms. The van der Waals surface area contributed by atoms with Crippen molar-refractivity contribution in [3.63, 3.8) is 0 Å². The average Bonchev–Trinajstić information content (AvgIpc) is 2.54. The van der Waals surface area contributed by atoms with Crippen LogP contribution < -0.4 is 0 Å². The summed E-state index contributed by atoms with van der Waals surface area (Å²) in [5, 5.41) is 0. The smallest absolute Gasteiger partial charge is 0.307 e. The van der Waals surface area contributed by atoms with Gasteiger partial charge in [-0.25, -0.2) is 0 Å². The van der Waals surface area contributed by atoms with Crippen LogP contribution in [0.25, 0.3) is 0 Å². The number of hydrogen-bond acceptors (Lipinski definition) is 4. The Kier molecular flexibility index (Phi) is 5.67. The first kappa shape index (κ1) is 15.9. The molecule has 1 fully saturated rings. The van der Waals surface area contributed by atoms with Crippen molar-refractivity contribution in [1.29, 1.82) is 0 Å². The Morgan fingerprint density at radius 1 is 1.29 bits per heavy atom. The molecule has 4 nitrogen and oxygen atoms in total. The Morgan fingerprint density at radius 3 is 2.62 bits per heavy atom. The number of benzene rings is 1. The van der Waals surface area contributed by atoms with Gasteiger partial charge in [0.25, 0.3) is 5.91 Å². The minimum Gasteiger partial charge on any atom is -0.469 e. The monoisotopic (exact) mass is 307 g/mol. The topological polar surface area (TPSA) is 46.6 Å². The van der Waals surface area contributed by atoms with Gasteiger partial charge in [-0.1, -0.05) is 0 Å². The average molecular weight is 307 g/mol. The van der Waals surface area contributed by atoms with Crippen molar-refractivity contribution < 1.29 is 14.3 Å². The fraction of sp³-hybridized carbons (Fsp3) is 0.500. The van der Waals surface area contributed by atoms with Crippen molar-refractivity contribution in [2.75, 3.05) is 19.9 Å². The number of nitrogens with zero attached hydrogens (tertiary/aromatic N) is 1. The largest absolute Gasteiger partial charge is 0.469 e. The lowest BCUT2D eigenvalue weighted by Crippen LogP contribution is -2.44. The first-order valence-corrected chi connectivity index (χ1v) is 8.40. The maximum absolute atomic E-state index is 12.6. The number of carbonyl (C=O) groups excluding carboxylic acids is 2. The second-order valence-electron chi connectivity index (χ2n) is 5.16. The molecule has 0 saturated carbocycles. The third-order valence-corrected chi connectivity index (χ3v) is 4.60. The van der Waals surface area contributed by atoms with Crippen LogP contribution in [-0.2, 0) is 9.53 Å². The summed E-state index contributed by atoms with van der Waals surface area (Å²) < 4.78 is 4.74. The zero-order valence-corrected chi connectivity index (χ0v) is 13.3. The molecule has 2 rings (SSSR count). The molecule has 1 aromatic carbocycles. The Hall–Kier alpha value is -1.49. The van der Waals surface area contributed by atoms with E-state index in [1.807, 2.05) is 35.4 Å². The van der Waals surface area contributed by atoms with Gasteiger partial charge >= 0.3 is 5.97 Å². The van der Waals surface area contributed by atoms with Gasteiger partial charge in [-0.05, 0) is 49.8 Å². The van der Waals surface area contributed by atoms with E-state index in [0.29, 0.717) is 12.1 Å². The predicted molar refractivity (Wildman–Crippen MR) is 83.5 cm³/mol. The third kappa shape index (κ3) is 4.00. The Balaban J connectivity index is 2.11. The van der Waals surface area contributed by atoms with Gasteiger partial charge in [0, 0.05) is 23.0 Å². The van der Waals surface area contributed by atoms with Crippen LogP contribution in [0.5, 0.6) is 0 Å². The number of thioether (sulfide) groups is 1. The molecular weight excluding hydrogens is 286 g/mol. The molecule has 1 amide bonds. The Labute approximate surface area is 129 Å². The van der Waals surface area contributed by atoms with Crippen molar-refractivity contribution in [2.45, 2.75) is 36.6 Å². The molecule has 1 atom stereocenters. The first-order chi connectivity index (χ1) is 10.2. The van der Waals surface area contributed by atoms with E-state index in [0.717, 1.165) is 24.2 Å². The third-order valence-electron chi connectivity index (χ3n) is 3.85. The van der Waals surface area contributed by atoms with Crippen LogP contribution >= 0.6 is 11.8 Å². The van der Waals surface area contributed by atoms with Crippen molar-refractivity contribution >= 4 is 23.6 Å². The second-order valence-corrected chi connectivity index (χ2v) is 6.04. The van der Waals surface area contributed by atoms with E-state index >= 15 is 0 Å². The number of esters is 1. The molecule has 0 radical (unpaired) electrons. The molecule has 0 N–H and O–H groups in total. The van der Waals surface area contributed by atoms with Gasteiger partial charge in [0.05, 0.1) is 13.5 Å². The number of methoxy groups -OCH3 is 1. The number of carbonyl (C=O) groups is 2. The number of likely N-dealkylation sites (tertiary alicyclic amines) is 1. The van der Waals surface area contributed by atoms with Gasteiger partial charge in [-0.3, -0.25) is 9.59 Å². The van der Waals surface area contributed by atoms with Gasteiger partial charge < -0.3 is 9.64 Å². The van der Waals surface area contributed by atoms with Gasteiger partial charge in [0.2, 0.25) is 0 Å². The highest BCUT2D eigenvalue weighted by Gasteiger charge is 2.29. The van der Waals surface area contributed by atoms with Crippen LogP contribution in [0.2, 0.25) is 0 Å². The standard InChI is InChI=1S/C16H21NO3S/c1-20-15(18)11-13-5-3-4-10-17(13)16(19)12-6-8-14(21-2)9-7-12/h6-9,13H,3-5,10-11H2,1-2H3. The molecule has 21 heavy (non-hydrogen) atoms. The normalized spacial score (nSPS) is 18.4. The predicted octanol–water partition coefficient (Wildman–Crippen LogP) is 2.97. The van der Waals surface area contributed by atoms with Gasteiger partial charge in [0.15, 0.2) is 0 Å². The molecule has 1 unspecified atom stereocenters. The van der Waals surface area contributed by atoms with Crippen LogP contribution in [0.15, 0.2) is 29.2 Å². The van der Waals surface area contributed by atoms with Crippen LogP contribution in [0.1, 0.15) is 36.0 Å². The minimum absolute atomic E-state index is 0.0104. The van der Waals surface area contributed by atoms with E-state index in [9.17, 15) is 9.59 Å². The lowest BCUT2D eigenvalue weighted by Gasteiger charge is -2.35. The second kappa shape index (κ2) is 7.50. The summed E-state index contributed by atoms with van der Waals surface area (Å²) in [6, 6.07) is 7.59. The summed E-state index contributed by atoms with van der Waals surface area (Å²) in [4.78, 5) is 27.1. The fourth-order valence-corrected chi connectivity index (χ4v) is 3.06. The molecule has 5 heteroatoms. The SMILES string of the molecule is COC(=O)CC1CCCCN1C(=O)c1ccc(SC)cc1. The molecule has 1 aromatic rings. The van der Waals surface area contributed by atoms with E-state index in [-0.39, 0.29) is 24.3 Å². The van der Waals surface area contributed by atoms with E-state index < -0.39 is 0 Å². The maximum Gasteiger partial charge on any atom is 0.307 e. The molecule has 0 aromatic heterocycles. The van der Waals surface area contributed by atoms with Crippen molar-refractivity contribution in [1.82, 2.24) is 4.90 Å². The zero-order chi connectivity index (χ0) is 15.2. The number of rotatable bonds is 4. The highest BCUT2D eigenvalue weighted by Crippen LogP contribution is 2.23. The summed E-state index contributed by atoms with van der Waals surface area (Å²) in [6.45, 7) is 0.713.